The Hall–Kier alpha value is -3.35. The van der Waals surface area contributed by atoms with Crippen molar-refractivity contribution in [1.82, 2.24) is 19.7 Å². The first-order chi connectivity index (χ1) is 13.6. The first kappa shape index (κ1) is 18.0. The Bertz CT molecular complexity index is 937. The lowest BCUT2D eigenvalue weighted by Gasteiger charge is -2.40. The standard InChI is InChI=1S/C21H24N6O/c1-16-3-5-19(6-4-16)27-12-9-20(24-27)23-21(28)26-14-13-25(15-17(26)2)18-7-10-22-11-8-18/h3-12,17H,13-15H2,1-2H3,(H,23,24,28). The third-order valence-corrected chi connectivity index (χ3v) is 5.04. The fourth-order valence-electron chi connectivity index (χ4n) is 3.46. The van der Waals surface area contributed by atoms with E-state index < -0.39 is 0 Å². The number of piperazine rings is 1. The molecule has 0 aliphatic carbocycles. The van der Waals surface area contributed by atoms with Crippen molar-refractivity contribution >= 4 is 17.5 Å². The zero-order chi connectivity index (χ0) is 19.5. The number of urea groups is 1. The van der Waals surface area contributed by atoms with E-state index in [1.165, 1.54) is 5.56 Å². The molecule has 28 heavy (non-hydrogen) atoms. The van der Waals surface area contributed by atoms with Crippen LogP contribution in [-0.2, 0) is 0 Å². The third kappa shape index (κ3) is 3.83. The highest BCUT2D eigenvalue weighted by molar-refractivity contribution is 5.88. The molecule has 1 aromatic carbocycles. The molecular weight excluding hydrogens is 352 g/mol. The van der Waals surface area contributed by atoms with Crippen molar-refractivity contribution in [2.24, 2.45) is 0 Å². The number of anilines is 2. The maximum Gasteiger partial charge on any atom is 0.323 e. The van der Waals surface area contributed by atoms with Gasteiger partial charge in [-0.15, -0.1) is 5.10 Å². The highest BCUT2D eigenvalue weighted by atomic mass is 16.2. The summed E-state index contributed by atoms with van der Waals surface area (Å²) < 4.78 is 1.76. The fourth-order valence-corrected chi connectivity index (χ4v) is 3.46. The van der Waals surface area contributed by atoms with Gasteiger partial charge in [0, 0.05) is 56.0 Å². The Balaban J connectivity index is 1.38. The first-order valence-electron chi connectivity index (χ1n) is 9.45. The van der Waals surface area contributed by atoms with Crippen LogP contribution in [-0.4, -0.2) is 51.4 Å². The lowest BCUT2D eigenvalue weighted by molar-refractivity contribution is 0.184. The van der Waals surface area contributed by atoms with Crippen LogP contribution in [0.5, 0.6) is 0 Å². The molecule has 7 nitrogen and oxygen atoms in total. The van der Waals surface area contributed by atoms with Gasteiger partial charge in [0.15, 0.2) is 5.82 Å². The molecule has 2 aromatic heterocycles. The minimum Gasteiger partial charge on any atom is -0.368 e. The van der Waals surface area contributed by atoms with Gasteiger partial charge >= 0.3 is 6.03 Å². The van der Waals surface area contributed by atoms with Crippen LogP contribution in [0.3, 0.4) is 0 Å². The summed E-state index contributed by atoms with van der Waals surface area (Å²) in [7, 11) is 0. The van der Waals surface area contributed by atoms with E-state index in [0.717, 1.165) is 24.5 Å². The molecule has 7 heteroatoms. The van der Waals surface area contributed by atoms with Gasteiger partial charge in [-0.1, -0.05) is 17.7 Å². The number of nitrogens with zero attached hydrogens (tertiary/aromatic N) is 5. The summed E-state index contributed by atoms with van der Waals surface area (Å²) in [6.07, 6.45) is 5.44. The zero-order valence-corrected chi connectivity index (χ0v) is 16.1. The van der Waals surface area contributed by atoms with Crippen LogP contribution in [0.25, 0.3) is 5.69 Å². The van der Waals surface area contributed by atoms with Crippen LogP contribution in [0.2, 0.25) is 0 Å². The SMILES string of the molecule is Cc1ccc(-n2ccc(NC(=O)N3CCN(c4ccncc4)CC3C)n2)cc1. The van der Waals surface area contributed by atoms with Gasteiger partial charge in [0.05, 0.1) is 5.69 Å². The lowest BCUT2D eigenvalue weighted by atomic mass is 10.2. The van der Waals surface area contributed by atoms with Gasteiger partial charge < -0.3 is 9.80 Å². The fraction of sp³-hybridized carbons (Fsp3) is 0.286. The molecule has 4 rings (SSSR count). The van der Waals surface area contributed by atoms with Gasteiger partial charge in [-0.3, -0.25) is 10.3 Å². The smallest absolute Gasteiger partial charge is 0.323 e. The molecule has 3 heterocycles. The van der Waals surface area contributed by atoms with Crippen molar-refractivity contribution in [2.75, 3.05) is 29.9 Å². The molecule has 0 bridgehead atoms. The number of carbonyl (C=O) groups is 1. The summed E-state index contributed by atoms with van der Waals surface area (Å²) >= 11 is 0. The number of nitrogens with one attached hydrogen (secondary N) is 1. The summed E-state index contributed by atoms with van der Waals surface area (Å²) in [4.78, 5) is 21.0. The van der Waals surface area contributed by atoms with E-state index in [4.69, 9.17) is 0 Å². The van der Waals surface area contributed by atoms with Gasteiger partial charge in [-0.05, 0) is 38.1 Å². The molecular formula is C21H24N6O. The van der Waals surface area contributed by atoms with Gasteiger partial charge in [0.1, 0.15) is 0 Å². The molecule has 1 N–H and O–H groups in total. The van der Waals surface area contributed by atoms with Gasteiger partial charge in [0.25, 0.3) is 0 Å². The number of pyridine rings is 1. The average molecular weight is 376 g/mol. The largest absolute Gasteiger partial charge is 0.368 e. The number of hydrogen-bond acceptors (Lipinski definition) is 4. The van der Waals surface area contributed by atoms with E-state index in [1.54, 1.807) is 17.1 Å². The van der Waals surface area contributed by atoms with Gasteiger partial charge in [-0.2, -0.15) is 0 Å². The van der Waals surface area contributed by atoms with Crippen LogP contribution >= 0.6 is 0 Å². The van der Waals surface area contributed by atoms with E-state index in [9.17, 15) is 4.79 Å². The Kier molecular flexibility index (Phi) is 4.97. The van der Waals surface area contributed by atoms with Crippen molar-refractivity contribution in [1.29, 1.82) is 0 Å². The number of amides is 2. The number of hydrogen-bond donors (Lipinski definition) is 1. The summed E-state index contributed by atoms with van der Waals surface area (Å²) in [5.41, 5.74) is 3.30. The molecule has 1 aliphatic heterocycles. The second kappa shape index (κ2) is 7.72. The normalized spacial score (nSPS) is 16.9. The highest BCUT2D eigenvalue weighted by Crippen LogP contribution is 2.19. The number of aryl methyl sites for hydroxylation is 1. The van der Waals surface area contributed by atoms with Crippen molar-refractivity contribution in [2.45, 2.75) is 19.9 Å². The highest BCUT2D eigenvalue weighted by Gasteiger charge is 2.28. The molecule has 1 fully saturated rings. The quantitative estimate of drug-likeness (QED) is 0.762. The van der Waals surface area contributed by atoms with Crippen molar-refractivity contribution in [3.05, 3.63) is 66.6 Å². The average Bonchev–Trinajstić information content (AvgIpc) is 3.17. The van der Waals surface area contributed by atoms with Crippen molar-refractivity contribution in [3.63, 3.8) is 0 Å². The second-order valence-electron chi connectivity index (χ2n) is 7.11. The predicted molar refractivity (Wildman–Crippen MR) is 110 cm³/mol. The first-order valence-corrected chi connectivity index (χ1v) is 9.45. The Morgan fingerprint density at radius 3 is 2.50 bits per heavy atom. The maximum atomic E-state index is 12.7. The Labute approximate surface area is 164 Å². The molecule has 0 saturated carbocycles. The monoisotopic (exact) mass is 376 g/mol. The van der Waals surface area contributed by atoms with Crippen LogP contribution in [0.15, 0.2) is 61.1 Å². The summed E-state index contributed by atoms with van der Waals surface area (Å²) in [5.74, 6) is 0.550. The molecule has 3 aromatic rings. The van der Waals surface area contributed by atoms with Crippen LogP contribution < -0.4 is 10.2 Å². The summed E-state index contributed by atoms with van der Waals surface area (Å²) in [5, 5.41) is 7.40. The second-order valence-corrected chi connectivity index (χ2v) is 7.11. The van der Waals surface area contributed by atoms with Crippen LogP contribution in [0, 0.1) is 6.92 Å². The molecule has 0 radical (unpaired) electrons. The van der Waals surface area contributed by atoms with E-state index in [1.807, 2.05) is 60.5 Å². The van der Waals surface area contributed by atoms with Crippen LogP contribution in [0.4, 0.5) is 16.3 Å². The molecule has 1 unspecified atom stereocenters. The number of rotatable bonds is 3. The molecule has 1 aliphatic rings. The van der Waals surface area contributed by atoms with Crippen molar-refractivity contribution < 1.29 is 4.79 Å². The zero-order valence-electron chi connectivity index (χ0n) is 16.1. The van der Waals surface area contributed by atoms with E-state index in [-0.39, 0.29) is 12.1 Å². The maximum absolute atomic E-state index is 12.7. The van der Waals surface area contributed by atoms with Crippen LogP contribution in [0.1, 0.15) is 12.5 Å². The molecule has 2 amide bonds. The predicted octanol–water partition coefficient (Wildman–Crippen LogP) is 3.32. The number of carbonyl (C=O) groups excluding carboxylic acids is 1. The molecule has 144 valence electrons. The van der Waals surface area contributed by atoms with Gasteiger partial charge in [-0.25, -0.2) is 9.48 Å². The summed E-state index contributed by atoms with van der Waals surface area (Å²) in [6.45, 7) is 6.36. The minimum atomic E-state index is -0.115. The third-order valence-electron chi connectivity index (χ3n) is 5.04. The summed E-state index contributed by atoms with van der Waals surface area (Å²) in [6, 6.07) is 13.9. The lowest BCUT2D eigenvalue weighted by Crippen LogP contribution is -2.55. The molecule has 1 atom stereocenters. The topological polar surface area (TPSA) is 66.3 Å². The minimum absolute atomic E-state index is 0.0982. The Morgan fingerprint density at radius 1 is 1.04 bits per heavy atom. The molecule has 0 spiro atoms. The van der Waals surface area contributed by atoms with E-state index in [0.29, 0.717) is 12.4 Å². The molecule has 1 saturated heterocycles. The van der Waals surface area contributed by atoms with E-state index in [2.05, 4.69) is 27.2 Å². The number of benzene rings is 1. The number of aromatic nitrogens is 3. The Morgan fingerprint density at radius 2 is 1.79 bits per heavy atom. The van der Waals surface area contributed by atoms with Gasteiger partial charge in [0.2, 0.25) is 0 Å². The van der Waals surface area contributed by atoms with Crippen molar-refractivity contribution in [3.8, 4) is 5.69 Å². The van der Waals surface area contributed by atoms with E-state index >= 15 is 0 Å².